The van der Waals surface area contributed by atoms with Crippen molar-refractivity contribution in [1.29, 1.82) is 0 Å². The number of carbonyl (C=O) groups is 2. The molecule has 0 bridgehead atoms. The van der Waals surface area contributed by atoms with Gasteiger partial charge in [-0.3, -0.25) is 9.59 Å². The predicted octanol–water partition coefficient (Wildman–Crippen LogP) is 9.40. The number of ether oxygens (including phenoxy) is 1. The first-order chi connectivity index (χ1) is 18.8. The second-order valence-corrected chi connectivity index (χ2v) is 9.70. The SMILES string of the molecule is O=C(/C=C/c1c(Cl)cccc1Cl)Nc1ccc(Oc2ccc(NC(=O)/C=C/c3c(Cl)cccc3Cl)cc2)cc1. The van der Waals surface area contributed by atoms with Gasteiger partial charge in [-0.25, -0.2) is 0 Å². The molecule has 0 saturated carbocycles. The summed E-state index contributed by atoms with van der Waals surface area (Å²) < 4.78 is 5.85. The maximum absolute atomic E-state index is 12.3. The molecule has 196 valence electrons. The Morgan fingerprint density at radius 1 is 0.538 bits per heavy atom. The Morgan fingerprint density at radius 2 is 0.872 bits per heavy atom. The third-order valence-corrected chi connectivity index (χ3v) is 6.60. The summed E-state index contributed by atoms with van der Waals surface area (Å²) in [7, 11) is 0. The van der Waals surface area contributed by atoms with Crippen LogP contribution in [0.3, 0.4) is 0 Å². The number of rotatable bonds is 8. The fraction of sp³-hybridized carbons (Fsp3) is 0. The number of hydrogen-bond donors (Lipinski definition) is 2. The summed E-state index contributed by atoms with van der Waals surface area (Å²) >= 11 is 24.5. The monoisotopic (exact) mass is 596 g/mol. The average molecular weight is 598 g/mol. The van der Waals surface area contributed by atoms with Crippen LogP contribution in [0.4, 0.5) is 11.4 Å². The fourth-order valence-corrected chi connectivity index (χ4v) is 4.42. The lowest BCUT2D eigenvalue weighted by Gasteiger charge is -2.09. The van der Waals surface area contributed by atoms with Gasteiger partial charge in [0, 0.05) is 54.7 Å². The predicted molar refractivity (Wildman–Crippen MR) is 161 cm³/mol. The molecule has 0 aromatic heterocycles. The number of halogens is 4. The molecule has 2 N–H and O–H groups in total. The van der Waals surface area contributed by atoms with Gasteiger partial charge in [-0.2, -0.15) is 0 Å². The molecule has 0 saturated heterocycles. The van der Waals surface area contributed by atoms with Gasteiger partial charge in [0.05, 0.1) is 0 Å². The molecule has 0 aliphatic rings. The Labute approximate surface area is 245 Å². The van der Waals surface area contributed by atoms with Crippen molar-refractivity contribution in [3.63, 3.8) is 0 Å². The van der Waals surface area contributed by atoms with E-state index in [1.54, 1.807) is 97.1 Å². The van der Waals surface area contributed by atoms with Crippen molar-refractivity contribution in [3.8, 4) is 11.5 Å². The molecule has 9 heteroatoms. The van der Waals surface area contributed by atoms with Crippen LogP contribution in [0.25, 0.3) is 12.2 Å². The molecule has 5 nitrogen and oxygen atoms in total. The molecule has 4 rings (SSSR count). The van der Waals surface area contributed by atoms with Crippen LogP contribution in [0, 0.1) is 0 Å². The quantitative estimate of drug-likeness (QED) is 0.199. The third-order valence-electron chi connectivity index (χ3n) is 5.28. The van der Waals surface area contributed by atoms with Crippen LogP contribution in [0.5, 0.6) is 11.5 Å². The van der Waals surface area contributed by atoms with Gasteiger partial charge in [-0.05, 0) is 84.9 Å². The number of amides is 2. The highest BCUT2D eigenvalue weighted by atomic mass is 35.5. The van der Waals surface area contributed by atoms with Crippen LogP contribution in [0.15, 0.2) is 97.1 Å². The summed E-state index contributed by atoms with van der Waals surface area (Å²) in [5, 5.41) is 7.36. The summed E-state index contributed by atoms with van der Waals surface area (Å²) in [5.74, 6) is 0.481. The summed E-state index contributed by atoms with van der Waals surface area (Å²) in [6.45, 7) is 0. The fourth-order valence-electron chi connectivity index (χ4n) is 3.37. The van der Waals surface area contributed by atoms with E-state index in [2.05, 4.69) is 10.6 Å². The standard InChI is InChI=1S/C30H20Cl4N2O3/c31-25-3-1-4-26(32)23(25)15-17-29(37)35-19-7-11-21(12-8-19)39-22-13-9-20(10-14-22)36-30(38)18-16-24-27(33)5-2-6-28(24)34/h1-18H,(H,35,37)(H,36,38)/b17-15+,18-16+. The smallest absolute Gasteiger partial charge is 0.248 e. The Bertz CT molecular complexity index is 1390. The molecule has 0 unspecified atom stereocenters. The van der Waals surface area contributed by atoms with Crippen LogP contribution in [-0.2, 0) is 9.59 Å². The zero-order valence-corrected chi connectivity index (χ0v) is 23.2. The Kier molecular flexibility index (Phi) is 9.69. The molecular weight excluding hydrogens is 578 g/mol. The molecule has 39 heavy (non-hydrogen) atoms. The number of nitrogens with one attached hydrogen (secondary N) is 2. The molecular formula is C30H20Cl4N2O3. The lowest BCUT2D eigenvalue weighted by atomic mass is 10.2. The highest BCUT2D eigenvalue weighted by Crippen LogP contribution is 2.27. The van der Waals surface area contributed by atoms with Gasteiger partial charge in [-0.15, -0.1) is 0 Å². The van der Waals surface area contributed by atoms with E-state index in [0.717, 1.165) is 0 Å². The summed E-state index contributed by atoms with van der Waals surface area (Å²) in [5.41, 5.74) is 2.32. The lowest BCUT2D eigenvalue weighted by molar-refractivity contribution is -0.112. The maximum atomic E-state index is 12.3. The van der Waals surface area contributed by atoms with Crippen molar-refractivity contribution in [2.75, 3.05) is 10.6 Å². The molecule has 0 aliphatic carbocycles. The first-order valence-corrected chi connectivity index (χ1v) is 13.0. The molecule has 0 fully saturated rings. The van der Waals surface area contributed by atoms with E-state index in [9.17, 15) is 9.59 Å². The van der Waals surface area contributed by atoms with Crippen molar-refractivity contribution in [3.05, 3.63) is 128 Å². The lowest BCUT2D eigenvalue weighted by Crippen LogP contribution is -2.07. The van der Waals surface area contributed by atoms with E-state index < -0.39 is 0 Å². The van der Waals surface area contributed by atoms with E-state index in [-0.39, 0.29) is 11.8 Å². The maximum Gasteiger partial charge on any atom is 0.248 e. The van der Waals surface area contributed by atoms with Crippen LogP contribution >= 0.6 is 46.4 Å². The van der Waals surface area contributed by atoms with Gasteiger partial charge in [0.2, 0.25) is 11.8 Å². The van der Waals surface area contributed by atoms with Crippen molar-refractivity contribution in [2.24, 2.45) is 0 Å². The molecule has 4 aromatic rings. The molecule has 4 aromatic carbocycles. The summed E-state index contributed by atoms with van der Waals surface area (Å²) in [4.78, 5) is 24.5. The van der Waals surface area contributed by atoms with E-state index >= 15 is 0 Å². The first-order valence-electron chi connectivity index (χ1n) is 11.5. The molecule has 0 spiro atoms. The Balaban J connectivity index is 1.29. The van der Waals surface area contributed by atoms with Gasteiger partial charge in [-0.1, -0.05) is 58.5 Å². The third kappa shape index (κ3) is 8.12. The average Bonchev–Trinajstić information content (AvgIpc) is 2.90. The normalized spacial score (nSPS) is 11.1. The highest BCUT2D eigenvalue weighted by molar-refractivity contribution is 6.37. The summed E-state index contributed by atoms with van der Waals surface area (Å²) in [6, 6.07) is 24.0. The minimum Gasteiger partial charge on any atom is -0.457 e. The van der Waals surface area contributed by atoms with Crippen LogP contribution in [0.2, 0.25) is 20.1 Å². The van der Waals surface area contributed by atoms with E-state index in [0.29, 0.717) is 54.1 Å². The molecule has 0 radical (unpaired) electrons. The van der Waals surface area contributed by atoms with Gasteiger partial charge in [0.1, 0.15) is 11.5 Å². The topological polar surface area (TPSA) is 67.4 Å². The minimum absolute atomic E-state index is 0.331. The molecule has 0 atom stereocenters. The molecule has 2 amide bonds. The Morgan fingerprint density at radius 3 is 1.21 bits per heavy atom. The van der Waals surface area contributed by atoms with E-state index in [4.69, 9.17) is 51.1 Å². The number of carbonyl (C=O) groups excluding carboxylic acids is 2. The van der Waals surface area contributed by atoms with Gasteiger partial charge in [0.15, 0.2) is 0 Å². The molecule has 0 aliphatic heterocycles. The van der Waals surface area contributed by atoms with Crippen molar-refractivity contribution < 1.29 is 14.3 Å². The number of hydrogen-bond acceptors (Lipinski definition) is 3. The highest BCUT2D eigenvalue weighted by Gasteiger charge is 2.06. The second-order valence-electron chi connectivity index (χ2n) is 8.07. The zero-order chi connectivity index (χ0) is 27.8. The van der Waals surface area contributed by atoms with Gasteiger partial charge < -0.3 is 15.4 Å². The van der Waals surface area contributed by atoms with Crippen molar-refractivity contribution in [2.45, 2.75) is 0 Å². The van der Waals surface area contributed by atoms with E-state index in [1.165, 1.54) is 12.2 Å². The van der Waals surface area contributed by atoms with Gasteiger partial charge >= 0.3 is 0 Å². The molecule has 0 heterocycles. The number of anilines is 2. The van der Waals surface area contributed by atoms with Crippen molar-refractivity contribution in [1.82, 2.24) is 0 Å². The van der Waals surface area contributed by atoms with Crippen LogP contribution < -0.4 is 15.4 Å². The van der Waals surface area contributed by atoms with Crippen LogP contribution in [-0.4, -0.2) is 11.8 Å². The second kappa shape index (κ2) is 13.4. The van der Waals surface area contributed by atoms with Crippen LogP contribution in [0.1, 0.15) is 11.1 Å². The van der Waals surface area contributed by atoms with Crippen molar-refractivity contribution >= 4 is 81.7 Å². The first kappa shape index (κ1) is 28.3. The van der Waals surface area contributed by atoms with Gasteiger partial charge in [0.25, 0.3) is 0 Å². The zero-order valence-electron chi connectivity index (χ0n) is 20.1. The largest absolute Gasteiger partial charge is 0.457 e. The Hall–Kier alpha value is -3.74. The number of benzene rings is 4. The minimum atomic E-state index is -0.331. The summed E-state index contributed by atoms with van der Waals surface area (Å²) in [6.07, 6.45) is 5.85. The van der Waals surface area contributed by atoms with E-state index in [1.807, 2.05) is 0 Å².